The molecule has 0 aliphatic heterocycles. The fourth-order valence-corrected chi connectivity index (χ4v) is 4.77. The van der Waals surface area contributed by atoms with Gasteiger partial charge in [-0.15, -0.1) is 11.3 Å². The van der Waals surface area contributed by atoms with Crippen molar-refractivity contribution in [3.8, 4) is 11.1 Å². The molecule has 0 unspecified atom stereocenters. The zero-order chi connectivity index (χ0) is 19.8. The average molecular weight is 393 g/mol. The third-order valence-electron chi connectivity index (χ3n) is 5.31. The lowest BCUT2D eigenvalue weighted by atomic mass is 9.91. The fraction of sp³-hybridized carbons (Fsp3) is 0.261. The van der Waals surface area contributed by atoms with Gasteiger partial charge in [-0.3, -0.25) is 4.79 Å². The first kappa shape index (κ1) is 18.7. The molecule has 0 aliphatic rings. The second-order valence-corrected chi connectivity index (χ2v) is 8.14. The highest BCUT2D eigenvalue weighted by Gasteiger charge is 2.17. The van der Waals surface area contributed by atoms with Crippen LogP contribution in [-0.2, 0) is 6.61 Å². The maximum Gasteiger partial charge on any atom is 0.266 e. The van der Waals surface area contributed by atoms with Crippen molar-refractivity contribution in [2.45, 2.75) is 26.9 Å². The number of aliphatic hydroxyl groups excluding tert-OH is 1. The third kappa shape index (κ3) is 3.01. The van der Waals surface area contributed by atoms with E-state index in [0.717, 1.165) is 56.2 Å². The molecule has 0 aliphatic carbocycles. The maximum atomic E-state index is 12.5. The first-order valence-electron chi connectivity index (χ1n) is 9.53. The van der Waals surface area contributed by atoms with Crippen molar-refractivity contribution in [2.24, 2.45) is 0 Å². The van der Waals surface area contributed by atoms with Crippen LogP contribution in [0.3, 0.4) is 0 Å². The second kappa shape index (κ2) is 7.41. The molecule has 5 heteroatoms. The lowest BCUT2D eigenvalue weighted by molar-refractivity contribution is 0.282. The zero-order valence-electron chi connectivity index (χ0n) is 16.4. The Morgan fingerprint density at radius 1 is 1.18 bits per heavy atom. The molecule has 0 saturated carbocycles. The highest BCUT2D eigenvalue weighted by Crippen LogP contribution is 2.38. The van der Waals surface area contributed by atoms with Gasteiger partial charge in [0.25, 0.3) is 5.56 Å². The van der Waals surface area contributed by atoms with E-state index in [4.69, 9.17) is 0 Å². The van der Waals surface area contributed by atoms with Crippen molar-refractivity contribution in [3.63, 3.8) is 0 Å². The van der Waals surface area contributed by atoms with Crippen LogP contribution in [0.4, 0.5) is 5.69 Å². The largest absolute Gasteiger partial charge is 0.392 e. The molecule has 2 N–H and O–H groups in total. The van der Waals surface area contributed by atoms with E-state index >= 15 is 0 Å². The highest BCUT2D eigenvalue weighted by atomic mass is 32.1. The van der Waals surface area contributed by atoms with E-state index in [1.165, 1.54) is 17.0 Å². The minimum atomic E-state index is -0.0557. The Bertz CT molecular complexity index is 1210. The molecule has 2 aromatic heterocycles. The average Bonchev–Trinajstić information content (AvgIpc) is 3.19. The summed E-state index contributed by atoms with van der Waals surface area (Å²) in [6, 6.07) is 12.4. The van der Waals surface area contributed by atoms with Crippen molar-refractivity contribution in [3.05, 3.63) is 63.3 Å². The quantitative estimate of drug-likeness (QED) is 0.499. The normalized spacial score (nSPS) is 11.4. The summed E-state index contributed by atoms with van der Waals surface area (Å²) >= 11 is 1.45. The van der Waals surface area contributed by atoms with Crippen LogP contribution in [0.25, 0.3) is 32.1 Å². The van der Waals surface area contributed by atoms with Gasteiger partial charge in [0, 0.05) is 30.1 Å². The SMILES string of the molecule is CCCN(C)c1ccc(-c2c(CO)cc(C)c3[nH]c(=O)c4sccc4c23)cc1. The van der Waals surface area contributed by atoms with Crippen LogP contribution < -0.4 is 10.5 Å². The molecule has 0 amide bonds. The summed E-state index contributed by atoms with van der Waals surface area (Å²) < 4.78 is 0.725. The second-order valence-electron chi connectivity index (χ2n) is 7.22. The summed E-state index contributed by atoms with van der Waals surface area (Å²) in [4.78, 5) is 17.8. The van der Waals surface area contributed by atoms with Crippen LogP contribution in [0, 0.1) is 6.92 Å². The van der Waals surface area contributed by atoms with E-state index in [-0.39, 0.29) is 12.2 Å². The number of anilines is 1. The summed E-state index contributed by atoms with van der Waals surface area (Å²) in [6.45, 7) is 5.10. The van der Waals surface area contributed by atoms with Crippen LogP contribution in [0.5, 0.6) is 0 Å². The molecular formula is C23H24N2O2S. The van der Waals surface area contributed by atoms with Crippen molar-refractivity contribution in [1.82, 2.24) is 4.98 Å². The van der Waals surface area contributed by atoms with E-state index in [2.05, 4.69) is 48.1 Å². The number of aliphatic hydroxyl groups is 1. The third-order valence-corrected chi connectivity index (χ3v) is 6.22. The van der Waals surface area contributed by atoms with Gasteiger partial charge in [-0.25, -0.2) is 0 Å². The standard InChI is InChI=1S/C23H24N2O2S/c1-4-10-25(3)17-7-5-15(6-8-17)19-16(13-26)12-14(2)21-20(19)18-9-11-28-22(18)23(27)24-21/h5-9,11-12,26H,4,10,13H2,1-3H3,(H,24,27). The van der Waals surface area contributed by atoms with Crippen LogP contribution in [0.15, 0.2) is 46.6 Å². The van der Waals surface area contributed by atoms with Gasteiger partial charge < -0.3 is 15.0 Å². The lowest BCUT2D eigenvalue weighted by Gasteiger charge is -2.20. The molecule has 0 atom stereocenters. The fourth-order valence-electron chi connectivity index (χ4n) is 3.97. The number of H-pyrrole nitrogens is 1. The number of aromatic amines is 1. The molecule has 2 aromatic carbocycles. The van der Waals surface area contributed by atoms with E-state index in [1.807, 2.05) is 24.4 Å². The smallest absolute Gasteiger partial charge is 0.266 e. The molecule has 0 fully saturated rings. The first-order valence-corrected chi connectivity index (χ1v) is 10.4. The Hall–Kier alpha value is -2.63. The van der Waals surface area contributed by atoms with Crippen molar-refractivity contribution >= 4 is 38.0 Å². The number of benzene rings is 2. The summed E-state index contributed by atoms with van der Waals surface area (Å²) in [7, 11) is 2.10. The Labute approximate surface area is 168 Å². The molecule has 28 heavy (non-hydrogen) atoms. The number of aromatic nitrogens is 1. The van der Waals surface area contributed by atoms with Crippen LogP contribution in [0.2, 0.25) is 0 Å². The van der Waals surface area contributed by atoms with Crippen LogP contribution in [0.1, 0.15) is 24.5 Å². The van der Waals surface area contributed by atoms with Crippen molar-refractivity contribution < 1.29 is 5.11 Å². The van der Waals surface area contributed by atoms with Gasteiger partial charge >= 0.3 is 0 Å². The van der Waals surface area contributed by atoms with E-state index in [1.54, 1.807) is 0 Å². The van der Waals surface area contributed by atoms with E-state index in [0.29, 0.717) is 0 Å². The number of pyridine rings is 1. The van der Waals surface area contributed by atoms with Gasteiger partial charge in [-0.1, -0.05) is 25.1 Å². The Kier molecular flexibility index (Phi) is 4.96. The predicted molar refractivity (Wildman–Crippen MR) is 120 cm³/mol. The number of nitrogens with one attached hydrogen (secondary N) is 1. The Morgan fingerprint density at radius 2 is 1.93 bits per heavy atom. The summed E-state index contributed by atoms with van der Waals surface area (Å²) in [5.74, 6) is 0. The van der Waals surface area contributed by atoms with Gasteiger partial charge in [-0.2, -0.15) is 0 Å². The minimum Gasteiger partial charge on any atom is -0.392 e. The highest BCUT2D eigenvalue weighted by molar-refractivity contribution is 7.17. The van der Waals surface area contributed by atoms with Crippen LogP contribution in [-0.4, -0.2) is 23.7 Å². The predicted octanol–water partition coefficient (Wildman–Crippen LogP) is 5.06. The molecule has 4 aromatic rings. The monoisotopic (exact) mass is 392 g/mol. The molecule has 0 radical (unpaired) electrons. The van der Waals surface area contributed by atoms with Crippen molar-refractivity contribution in [1.29, 1.82) is 0 Å². The molecule has 0 spiro atoms. The number of thiophene rings is 1. The number of hydrogen-bond acceptors (Lipinski definition) is 4. The summed E-state index contributed by atoms with van der Waals surface area (Å²) in [5, 5.41) is 14.0. The first-order chi connectivity index (χ1) is 13.5. The minimum absolute atomic E-state index is 0.0473. The number of hydrogen-bond donors (Lipinski definition) is 2. The van der Waals surface area contributed by atoms with Crippen molar-refractivity contribution in [2.75, 3.05) is 18.5 Å². The van der Waals surface area contributed by atoms with Gasteiger partial charge in [0.15, 0.2) is 0 Å². The van der Waals surface area contributed by atoms with E-state index < -0.39 is 0 Å². The van der Waals surface area contributed by atoms with Gasteiger partial charge in [-0.05, 0) is 59.2 Å². The molecule has 0 saturated heterocycles. The van der Waals surface area contributed by atoms with Gasteiger partial charge in [0.1, 0.15) is 4.70 Å². The lowest BCUT2D eigenvalue weighted by Crippen LogP contribution is -2.17. The van der Waals surface area contributed by atoms with Gasteiger partial charge in [0.2, 0.25) is 0 Å². The molecule has 0 bridgehead atoms. The summed E-state index contributed by atoms with van der Waals surface area (Å²) in [6.07, 6.45) is 1.10. The maximum absolute atomic E-state index is 12.5. The number of nitrogens with zero attached hydrogens (tertiary/aromatic N) is 1. The topological polar surface area (TPSA) is 56.3 Å². The molecule has 4 nitrogen and oxygen atoms in total. The number of rotatable bonds is 5. The Morgan fingerprint density at radius 3 is 2.61 bits per heavy atom. The molecular weight excluding hydrogens is 368 g/mol. The summed E-state index contributed by atoms with van der Waals surface area (Å²) in [5.41, 5.74) is 5.83. The molecule has 144 valence electrons. The van der Waals surface area contributed by atoms with Gasteiger partial charge in [0.05, 0.1) is 12.1 Å². The Balaban J connectivity index is 2.02. The molecule has 4 rings (SSSR count). The van der Waals surface area contributed by atoms with Crippen LogP contribution >= 0.6 is 11.3 Å². The number of aryl methyl sites for hydroxylation is 1. The molecule has 2 heterocycles. The van der Waals surface area contributed by atoms with E-state index in [9.17, 15) is 9.90 Å². The number of fused-ring (bicyclic) bond motifs is 3. The zero-order valence-corrected chi connectivity index (χ0v) is 17.2.